The first kappa shape index (κ1) is 21.1. The van der Waals surface area contributed by atoms with E-state index < -0.39 is 0 Å². The van der Waals surface area contributed by atoms with Crippen molar-refractivity contribution >= 4 is 45.4 Å². The lowest BCUT2D eigenvalue weighted by atomic mass is 10.1. The van der Waals surface area contributed by atoms with Gasteiger partial charge < -0.3 is 0 Å². The number of benzene rings is 3. The predicted molar refractivity (Wildman–Crippen MR) is 135 cm³/mol. The van der Waals surface area contributed by atoms with Crippen LogP contribution in [0, 0.1) is 0 Å². The second-order valence-corrected chi connectivity index (χ2v) is 9.36. The summed E-state index contributed by atoms with van der Waals surface area (Å²) < 4.78 is 3.79. The number of para-hydroxylation sites is 2. The van der Waals surface area contributed by atoms with E-state index in [1.807, 2.05) is 95.8 Å². The Hall–Kier alpha value is -3.75. The molecular formula is C25H19N5OS2. The molecule has 8 heteroatoms. The summed E-state index contributed by atoms with van der Waals surface area (Å²) in [5, 5.41) is 8.93. The van der Waals surface area contributed by atoms with Gasteiger partial charge in [-0.15, -0.1) is 11.3 Å². The van der Waals surface area contributed by atoms with Crippen molar-refractivity contribution in [2.24, 2.45) is 5.10 Å². The minimum absolute atomic E-state index is 0.188. The summed E-state index contributed by atoms with van der Waals surface area (Å²) >= 11 is 2.99. The number of aromatic nitrogens is 3. The molecule has 0 fully saturated rings. The summed E-state index contributed by atoms with van der Waals surface area (Å²) in [7, 11) is 0. The molecule has 5 aromatic rings. The molecule has 1 N–H and O–H groups in total. The summed E-state index contributed by atoms with van der Waals surface area (Å²) in [5.74, 6) is 0.0543. The first-order chi connectivity index (χ1) is 16.3. The molecule has 2 heterocycles. The molecule has 2 aromatic heterocycles. The zero-order chi connectivity index (χ0) is 22.5. The first-order valence-electron chi connectivity index (χ1n) is 10.3. The van der Waals surface area contributed by atoms with Gasteiger partial charge in [0.05, 0.1) is 27.9 Å². The Balaban J connectivity index is 1.29. The molecule has 0 atom stereocenters. The standard InChI is InChI=1S/C25H19N5OS2/c31-23(17-32-25-27-21-13-7-8-14-22(21)33-25)28-26-15-19-16-30(20-11-5-2-6-12-20)29-24(19)18-9-3-1-4-10-18/h1-16H,17H2,(H,28,31). The average Bonchev–Trinajstić information content (AvgIpc) is 3.48. The molecule has 0 radical (unpaired) electrons. The van der Waals surface area contributed by atoms with Gasteiger partial charge in [0, 0.05) is 17.3 Å². The lowest BCUT2D eigenvalue weighted by Gasteiger charge is -2.00. The highest BCUT2D eigenvalue weighted by atomic mass is 32.2. The third-order valence-electron chi connectivity index (χ3n) is 4.80. The predicted octanol–water partition coefficient (Wildman–Crippen LogP) is 5.39. The molecule has 0 bridgehead atoms. The van der Waals surface area contributed by atoms with Crippen molar-refractivity contribution in [1.29, 1.82) is 0 Å². The van der Waals surface area contributed by atoms with Crippen LogP contribution in [0.2, 0.25) is 0 Å². The van der Waals surface area contributed by atoms with E-state index >= 15 is 0 Å². The Morgan fingerprint density at radius 3 is 2.52 bits per heavy atom. The Morgan fingerprint density at radius 1 is 1.00 bits per heavy atom. The van der Waals surface area contributed by atoms with E-state index in [1.54, 1.807) is 17.6 Å². The van der Waals surface area contributed by atoms with E-state index in [0.29, 0.717) is 0 Å². The molecule has 0 saturated carbocycles. The quantitative estimate of drug-likeness (QED) is 0.197. The number of hydrogen-bond donors (Lipinski definition) is 1. The number of thioether (sulfide) groups is 1. The largest absolute Gasteiger partial charge is 0.272 e. The molecule has 0 aliphatic heterocycles. The van der Waals surface area contributed by atoms with Gasteiger partial charge >= 0.3 is 0 Å². The van der Waals surface area contributed by atoms with Crippen LogP contribution in [0.4, 0.5) is 0 Å². The summed E-state index contributed by atoms with van der Waals surface area (Å²) in [4.78, 5) is 16.9. The highest BCUT2D eigenvalue weighted by Gasteiger charge is 2.11. The van der Waals surface area contributed by atoms with Crippen LogP contribution in [0.3, 0.4) is 0 Å². The molecule has 0 unspecified atom stereocenters. The second-order valence-electron chi connectivity index (χ2n) is 7.11. The van der Waals surface area contributed by atoms with Gasteiger partial charge in [-0.05, 0) is 24.3 Å². The van der Waals surface area contributed by atoms with Crippen LogP contribution in [0.15, 0.2) is 101 Å². The summed E-state index contributed by atoms with van der Waals surface area (Å²) in [6.45, 7) is 0. The van der Waals surface area contributed by atoms with Crippen molar-refractivity contribution in [3.05, 3.63) is 96.7 Å². The third-order valence-corrected chi connectivity index (χ3v) is 6.98. The number of amides is 1. The lowest BCUT2D eigenvalue weighted by Crippen LogP contribution is -2.19. The van der Waals surface area contributed by atoms with Gasteiger partial charge in [0.1, 0.15) is 5.69 Å². The summed E-state index contributed by atoms with van der Waals surface area (Å²) in [5.41, 5.74) is 7.09. The van der Waals surface area contributed by atoms with Gasteiger partial charge in [0.2, 0.25) is 0 Å². The highest BCUT2D eigenvalue weighted by molar-refractivity contribution is 8.01. The smallest absolute Gasteiger partial charge is 0.250 e. The number of thiazole rings is 1. The fourth-order valence-corrected chi connectivity index (χ4v) is 5.12. The van der Waals surface area contributed by atoms with Crippen molar-refractivity contribution in [3.8, 4) is 16.9 Å². The van der Waals surface area contributed by atoms with Crippen LogP contribution in [0.5, 0.6) is 0 Å². The number of hydrogen-bond acceptors (Lipinski definition) is 6. The van der Waals surface area contributed by atoms with Gasteiger partial charge in [0.15, 0.2) is 4.34 Å². The van der Waals surface area contributed by atoms with Crippen LogP contribution in [-0.2, 0) is 4.79 Å². The molecule has 0 saturated heterocycles. The van der Waals surface area contributed by atoms with Crippen molar-refractivity contribution in [3.63, 3.8) is 0 Å². The topological polar surface area (TPSA) is 72.2 Å². The Bertz CT molecular complexity index is 1380. The Labute approximate surface area is 199 Å². The van der Waals surface area contributed by atoms with E-state index in [2.05, 4.69) is 15.5 Å². The SMILES string of the molecule is O=C(CSc1nc2ccccc2s1)NN=Cc1cn(-c2ccccc2)nc1-c1ccccc1. The zero-order valence-corrected chi connectivity index (χ0v) is 19.1. The van der Waals surface area contributed by atoms with Crippen molar-refractivity contribution in [1.82, 2.24) is 20.2 Å². The molecule has 33 heavy (non-hydrogen) atoms. The molecule has 0 aliphatic carbocycles. The third kappa shape index (κ3) is 5.02. The van der Waals surface area contributed by atoms with Gasteiger partial charge in [-0.3, -0.25) is 4.79 Å². The van der Waals surface area contributed by atoms with Gasteiger partial charge in [-0.2, -0.15) is 10.2 Å². The maximum Gasteiger partial charge on any atom is 0.250 e. The van der Waals surface area contributed by atoms with E-state index in [-0.39, 0.29) is 11.7 Å². The molecular weight excluding hydrogens is 450 g/mol. The number of fused-ring (bicyclic) bond motifs is 1. The minimum Gasteiger partial charge on any atom is -0.272 e. The number of hydrazone groups is 1. The van der Waals surface area contributed by atoms with Crippen LogP contribution in [0.25, 0.3) is 27.2 Å². The lowest BCUT2D eigenvalue weighted by molar-refractivity contribution is -0.118. The molecule has 0 aliphatic rings. The van der Waals surface area contributed by atoms with Crippen molar-refractivity contribution in [2.45, 2.75) is 4.34 Å². The van der Waals surface area contributed by atoms with E-state index in [0.717, 1.165) is 37.1 Å². The van der Waals surface area contributed by atoms with Crippen LogP contribution < -0.4 is 5.43 Å². The number of rotatable bonds is 7. The normalized spacial score (nSPS) is 11.3. The Kier molecular flexibility index (Phi) is 6.27. The van der Waals surface area contributed by atoms with E-state index in [4.69, 9.17) is 5.10 Å². The first-order valence-corrected chi connectivity index (χ1v) is 12.1. The van der Waals surface area contributed by atoms with Gasteiger partial charge in [0.25, 0.3) is 5.91 Å². The highest BCUT2D eigenvalue weighted by Crippen LogP contribution is 2.29. The maximum atomic E-state index is 12.3. The number of carbonyl (C=O) groups is 1. The van der Waals surface area contributed by atoms with Crippen LogP contribution in [0.1, 0.15) is 5.56 Å². The maximum absolute atomic E-state index is 12.3. The van der Waals surface area contributed by atoms with Crippen LogP contribution in [-0.4, -0.2) is 32.6 Å². The number of carbonyl (C=O) groups excluding carboxylic acids is 1. The molecule has 162 valence electrons. The molecule has 6 nitrogen and oxygen atoms in total. The fraction of sp³-hybridized carbons (Fsp3) is 0.0400. The minimum atomic E-state index is -0.188. The monoisotopic (exact) mass is 469 g/mol. The van der Waals surface area contributed by atoms with Gasteiger partial charge in [-0.1, -0.05) is 72.4 Å². The average molecular weight is 470 g/mol. The van der Waals surface area contributed by atoms with Gasteiger partial charge in [-0.25, -0.2) is 15.1 Å². The fourth-order valence-electron chi connectivity index (χ4n) is 3.26. The summed E-state index contributed by atoms with van der Waals surface area (Å²) in [6, 6.07) is 27.7. The molecule has 3 aromatic carbocycles. The van der Waals surface area contributed by atoms with E-state index in [1.165, 1.54) is 11.8 Å². The second kappa shape index (κ2) is 9.81. The van der Waals surface area contributed by atoms with Crippen molar-refractivity contribution < 1.29 is 4.79 Å². The number of nitrogens with zero attached hydrogens (tertiary/aromatic N) is 4. The van der Waals surface area contributed by atoms with Crippen molar-refractivity contribution in [2.75, 3.05) is 5.75 Å². The Morgan fingerprint density at radius 2 is 1.73 bits per heavy atom. The molecule has 0 spiro atoms. The molecule has 5 rings (SSSR count). The molecule has 1 amide bonds. The number of nitrogens with one attached hydrogen (secondary N) is 1. The zero-order valence-electron chi connectivity index (χ0n) is 17.5. The van der Waals surface area contributed by atoms with Crippen LogP contribution >= 0.6 is 23.1 Å². The van der Waals surface area contributed by atoms with E-state index in [9.17, 15) is 4.79 Å². The summed E-state index contributed by atoms with van der Waals surface area (Å²) in [6.07, 6.45) is 3.54.